The van der Waals surface area contributed by atoms with Crippen molar-refractivity contribution in [2.24, 2.45) is 0 Å². The lowest BCUT2D eigenvalue weighted by Crippen LogP contribution is -2.37. The zero-order valence-electron chi connectivity index (χ0n) is 21.3. The standard InChI is InChI=1S/C23H46NO8P/c1-6-8-10-12-14-16-23(26)32-21(19-29-22(25)15-13-11-9-7-2)20-31-33(27,28)30-18-17-24(3,4)5/h21H,6-20H2,1-5H3. The monoisotopic (exact) mass is 495 g/mol. The van der Waals surface area contributed by atoms with Crippen LogP contribution >= 0.6 is 7.82 Å². The molecule has 0 saturated carbocycles. The quantitative estimate of drug-likeness (QED) is 0.102. The van der Waals surface area contributed by atoms with E-state index >= 15 is 0 Å². The van der Waals surface area contributed by atoms with Gasteiger partial charge in [-0.15, -0.1) is 0 Å². The molecule has 0 saturated heterocycles. The van der Waals surface area contributed by atoms with E-state index in [0.29, 0.717) is 17.4 Å². The van der Waals surface area contributed by atoms with Gasteiger partial charge < -0.3 is 27.9 Å². The summed E-state index contributed by atoms with van der Waals surface area (Å²) in [7, 11) is 1.16. The van der Waals surface area contributed by atoms with Crippen molar-refractivity contribution in [1.29, 1.82) is 0 Å². The second kappa shape index (κ2) is 18.4. The number of hydrogen-bond donors (Lipinski definition) is 0. The molecule has 0 amide bonds. The highest BCUT2D eigenvalue weighted by Crippen LogP contribution is 2.38. The van der Waals surface area contributed by atoms with Crippen LogP contribution < -0.4 is 4.89 Å². The molecule has 2 unspecified atom stereocenters. The first kappa shape index (κ1) is 32.0. The van der Waals surface area contributed by atoms with E-state index in [4.69, 9.17) is 18.5 Å². The van der Waals surface area contributed by atoms with Crippen molar-refractivity contribution in [2.75, 3.05) is 47.5 Å². The molecule has 0 bridgehead atoms. The number of quaternary nitrogens is 1. The van der Waals surface area contributed by atoms with E-state index in [1.54, 1.807) is 0 Å². The molecular weight excluding hydrogens is 449 g/mol. The number of hydrogen-bond acceptors (Lipinski definition) is 8. The van der Waals surface area contributed by atoms with Gasteiger partial charge in [-0.2, -0.15) is 0 Å². The van der Waals surface area contributed by atoms with Crippen LogP contribution in [0.5, 0.6) is 0 Å². The predicted molar refractivity (Wildman–Crippen MR) is 125 cm³/mol. The number of ether oxygens (including phenoxy) is 2. The van der Waals surface area contributed by atoms with Crippen LogP contribution in [0.15, 0.2) is 0 Å². The normalized spacial score (nSPS) is 14.5. The largest absolute Gasteiger partial charge is 0.756 e. The molecule has 0 aliphatic rings. The molecule has 0 heterocycles. The Morgan fingerprint density at radius 1 is 0.818 bits per heavy atom. The lowest BCUT2D eigenvalue weighted by atomic mass is 10.1. The van der Waals surface area contributed by atoms with Crippen LogP contribution in [0.25, 0.3) is 0 Å². The Morgan fingerprint density at radius 3 is 1.94 bits per heavy atom. The molecule has 0 N–H and O–H groups in total. The molecule has 0 spiro atoms. The first-order chi connectivity index (χ1) is 15.5. The highest BCUT2D eigenvalue weighted by atomic mass is 31.2. The summed E-state index contributed by atoms with van der Waals surface area (Å²) in [5.41, 5.74) is 0. The van der Waals surface area contributed by atoms with Crippen LogP contribution in [0.2, 0.25) is 0 Å². The van der Waals surface area contributed by atoms with Gasteiger partial charge in [0.25, 0.3) is 7.82 Å². The number of phosphoric ester groups is 1. The minimum Gasteiger partial charge on any atom is -0.756 e. The van der Waals surface area contributed by atoms with Crippen molar-refractivity contribution in [3.8, 4) is 0 Å². The number of likely N-dealkylation sites (N-methyl/N-ethyl adjacent to an activating group) is 1. The van der Waals surface area contributed by atoms with Crippen LogP contribution in [0.1, 0.15) is 84.5 Å². The van der Waals surface area contributed by atoms with Crippen molar-refractivity contribution in [2.45, 2.75) is 90.6 Å². The summed E-state index contributed by atoms with van der Waals surface area (Å²) in [4.78, 5) is 36.2. The van der Waals surface area contributed by atoms with Gasteiger partial charge in [0.2, 0.25) is 0 Å². The summed E-state index contributed by atoms with van der Waals surface area (Å²) in [5.74, 6) is -0.873. The van der Waals surface area contributed by atoms with Crippen molar-refractivity contribution in [1.82, 2.24) is 0 Å². The third-order valence-corrected chi connectivity index (χ3v) is 5.84. The average Bonchev–Trinajstić information content (AvgIpc) is 2.72. The van der Waals surface area contributed by atoms with Crippen LogP contribution in [-0.4, -0.2) is 70.0 Å². The van der Waals surface area contributed by atoms with Gasteiger partial charge in [0.1, 0.15) is 19.8 Å². The maximum Gasteiger partial charge on any atom is 0.306 e. The van der Waals surface area contributed by atoms with Crippen LogP contribution in [0, 0.1) is 0 Å². The fraction of sp³-hybridized carbons (Fsp3) is 0.913. The van der Waals surface area contributed by atoms with Gasteiger partial charge in [0, 0.05) is 12.8 Å². The molecule has 0 rings (SSSR count). The third kappa shape index (κ3) is 21.3. The second-order valence-electron chi connectivity index (χ2n) is 9.36. The fourth-order valence-electron chi connectivity index (χ4n) is 2.83. The number of unbranched alkanes of at least 4 members (excludes halogenated alkanes) is 7. The summed E-state index contributed by atoms with van der Waals surface area (Å²) in [6.45, 7) is 3.93. The topological polar surface area (TPSA) is 111 Å². The van der Waals surface area contributed by atoms with Crippen LogP contribution in [0.4, 0.5) is 0 Å². The zero-order valence-corrected chi connectivity index (χ0v) is 22.2. The highest BCUT2D eigenvalue weighted by Gasteiger charge is 2.21. The Labute approximate surface area is 200 Å². The first-order valence-electron chi connectivity index (χ1n) is 12.2. The molecule has 0 aliphatic carbocycles. The minimum atomic E-state index is -4.57. The van der Waals surface area contributed by atoms with Gasteiger partial charge in [0.05, 0.1) is 27.7 Å². The Balaban J connectivity index is 4.63. The van der Waals surface area contributed by atoms with E-state index < -0.39 is 32.5 Å². The number of esters is 2. The van der Waals surface area contributed by atoms with Crippen molar-refractivity contribution in [3.63, 3.8) is 0 Å². The van der Waals surface area contributed by atoms with Crippen molar-refractivity contribution in [3.05, 3.63) is 0 Å². The Hall–Kier alpha value is -0.990. The summed E-state index contributed by atoms with van der Waals surface area (Å²) < 4.78 is 32.9. The van der Waals surface area contributed by atoms with Crippen LogP contribution in [0.3, 0.4) is 0 Å². The highest BCUT2D eigenvalue weighted by molar-refractivity contribution is 7.45. The number of carbonyl (C=O) groups is 2. The minimum absolute atomic E-state index is 0.0285. The Bertz CT molecular complexity index is 579. The number of nitrogens with zero attached hydrogens (tertiary/aromatic N) is 1. The molecule has 0 aromatic rings. The van der Waals surface area contributed by atoms with E-state index in [-0.39, 0.29) is 26.1 Å². The van der Waals surface area contributed by atoms with Crippen molar-refractivity contribution < 1.29 is 42.1 Å². The molecule has 33 heavy (non-hydrogen) atoms. The molecule has 0 aromatic heterocycles. The number of carbonyl (C=O) groups excluding carboxylic acids is 2. The maximum atomic E-state index is 12.2. The summed E-state index contributed by atoms with van der Waals surface area (Å²) in [5, 5.41) is 0. The van der Waals surface area contributed by atoms with E-state index in [9.17, 15) is 19.0 Å². The molecule has 196 valence electrons. The molecule has 2 atom stereocenters. The molecule has 0 aromatic carbocycles. The number of rotatable bonds is 21. The van der Waals surface area contributed by atoms with Crippen molar-refractivity contribution >= 4 is 19.8 Å². The van der Waals surface area contributed by atoms with Gasteiger partial charge in [0.15, 0.2) is 6.10 Å². The van der Waals surface area contributed by atoms with Gasteiger partial charge in [-0.3, -0.25) is 14.2 Å². The smallest absolute Gasteiger partial charge is 0.306 e. The van der Waals surface area contributed by atoms with Gasteiger partial charge >= 0.3 is 11.9 Å². The summed E-state index contributed by atoms with van der Waals surface area (Å²) in [6, 6.07) is 0. The molecule has 9 nitrogen and oxygen atoms in total. The lowest BCUT2D eigenvalue weighted by Gasteiger charge is -2.28. The molecule has 0 fully saturated rings. The molecule has 10 heteroatoms. The Kier molecular flexibility index (Phi) is 17.8. The lowest BCUT2D eigenvalue weighted by molar-refractivity contribution is -0.870. The first-order valence-corrected chi connectivity index (χ1v) is 13.7. The Morgan fingerprint density at radius 2 is 1.36 bits per heavy atom. The van der Waals surface area contributed by atoms with Gasteiger partial charge in [-0.1, -0.05) is 58.8 Å². The third-order valence-electron chi connectivity index (χ3n) is 4.88. The SMILES string of the molecule is CCCCCCCC(=O)OC(COC(=O)CCCCCC)COP(=O)([O-])OCC[N+](C)(C)C. The number of phosphoric acid groups is 1. The van der Waals surface area contributed by atoms with Gasteiger partial charge in [-0.25, -0.2) is 0 Å². The zero-order chi connectivity index (χ0) is 25.2. The van der Waals surface area contributed by atoms with E-state index in [1.165, 1.54) is 0 Å². The molecule has 0 aliphatic heterocycles. The van der Waals surface area contributed by atoms with E-state index in [2.05, 4.69) is 13.8 Å². The van der Waals surface area contributed by atoms with E-state index in [1.807, 2.05) is 21.1 Å². The second-order valence-corrected chi connectivity index (χ2v) is 10.8. The predicted octanol–water partition coefficient (Wildman–Crippen LogP) is 3.98. The molecular formula is C23H46NO8P. The van der Waals surface area contributed by atoms with Gasteiger partial charge in [-0.05, 0) is 12.8 Å². The van der Waals surface area contributed by atoms with Crippen LogP contribution in [-0.2, 0) is 32.7 Å². The maximum absolute atomic E-state index is 12.2. The van der Waals surface area contributed by atoms with E-state index in [0.717, 1.165) is 51.4 Å². The summed E-state index contributed by atoms with van der Waals surface area (Å²) in [6.07, 6.45) is 8.15. The molecule has 0 radical (unpaired) electrons. The fourth-order valence-corrected chi connectivity index (χ4v) is 3.55. The average molecular weight is 496 g/mol. The summed E-state index contributed by atoms with van der Waals surface area (Å²) >= 11 is 0.